The van der Waals surface area contributed by atoms with E-state index in [9.17, 15) is 14.9 Å². The number of carbonyl (C=O) groups excluding carboxylic acids is 1. The third-order valence-electron chi connectivity index (χ3n) is 3.92. The molecule has 1 aromatic rings. The Labute approximate surface area is 124 Å². The van der Waals surface area contributed by atoms with E-state index in [1.54, 1.807) is 12.1 Å². The minimum atomic E-state index is -0.402. The van der Waals surface area contributed by atoms with Crippen LogP contribution in [-0.4, -0.2) is 23.4 Å². The Morgan fingerprint density at radius 2 is 2.29 bits per heavy atom. The Hall–Kier alpha value is -1.95. The summed E-state index contributed by atoms with van der Waals surface area (Å²) in [7, 11) is 0. The number of rotatable bonds is 4. The average Bonchev–Trinajstić information content (AvgIpc) is 2.47. The molecule has 0 aliphatic carbocycles. The Morgan fingerprint density at radius 3 is 2.90 bits per heavy atom. The van der Waals surface area contributed by atoms with Crippen LogP contribution in [0, 0.1) is 16.0 Å². The molecule has 6 nitrogen and oxygen atoms in total. The van der Waals surface area contributed by atoms with Gasteiger partial charge < -0.3 is 10.6 Å². The van der Waals surface area contributed by atoms with E-state index < -0.39 is 4.92 Å². The first-order valence-electron chi connectivity index (χ1n) is 7.32. The first-order valence-corrected chi connectivity index (χ1v) is 7.32. The van der Waals surface area contributed by atoms with Crippen LogP contribution in [0.25, 0.3) is 0 Å². The first kappa shape index (κ1) is 15.4. The number of aryl methyl sites for hydroxylation is 1. The summed E-state index contributed by atoms with van der Waals surface area (Å²) in [5.41, 5.74) is 1.23. The summed E-state index contributed by atoms with van der Waals surface area (Å²) in [5.74, 6) is -0.0898. The fourth-order valence-corrected chi connectivity index (χ4v) is 2.72. The average molecular weight is 291 g/mol. The van der Waals surface area contributed by atoms with Crippen molar-refractivity contribution in [3.63, 3.8) is 0 Å². The van der Waals surface area contributed by atoms with Crippen LogP contribution in [0.15, 0.2) is 18.2 Å². The number of nitrogens with zero attached hydrogens (tertiary/aromatic N) is 1. The number of nitro benzene ring substituents is 1. The summed E-state index contributed by atoms with van der Waals surface area (Å²) in [6.45, 7) is 4.76. The van der Waals surface area contributed by atoms with Crippen molar-refractivity contribution < 1.29 is 9.72 Å². The van der Waals surface area contributed by atoms with E-state index in [4.69, 9.17) is 0 Å². The molecule has 1 fully saturated rings. The molecule has 1 amide bonds. The minimum Gasteiger partial charge on any atom is -0.326 e. The molecule has 0 spiro atoms. The second-order valence-corrected chi connectivity index (χ2v) is 5.52. The lowest BCUT2D eigenvalue weighted by molar-refractivity contribution is -0.385. The van der Waals surface area contributed by atoms with Gasteiger partial charge in [0.05, 0.1) is 4.92 Å². The second-order valence-electron chi connectivity index (χ2n) is 5.52. The number of anilines is 1. The highest BCUT2D eigenvalue weighted by Crippen LogP contribution is 2.25. The SMILES string of the molecule is CCc1ccc(NC(=O)C2CCNC(C)C2)cc1[N+](=O)[O-]. The predicted molar refractivity (Wildman–Crippen MR) is 81.3 cm³/mol. The van der Waals surface area contributed by atoms with E-state index in [0.29, 0.717) is 23.7 Å². The van der Waals surface area contributed by atoms with Gasteiger partial charge in [-0.25, -0.2) is 0 Å². The zero-order chi connectivity index (χ0) is 15.4. The molecular formula is C15H21N3O3. The van der Waals surface area contributed by atoms with Crippen molar-refractivity contribution in [2.24, 2.45) is 5.92 Å². The number of piperidine rings is 1. The van der Waals surface area contributed by atoms with Crippen LogP contribution in [-0.2, 0) is 11.2 Å². The molecule has 21 heavy (non-hydrogen) atoms. The summed E-state index contributed by atoms with van der Waals surface area (Å²) in [5, 5.41) is 17.2. The smallest absolute Gasteiger partial charge is 0.274 e. The van der Waals surface area contributed by atoms with Crippen LogP contribution in [0.4, 0.5) is 11.4 Å². The molecule has 1 aromatic carbocycles. The molecule has 2 rings (SSSR count). The molecule has 1 aliphatic heterocycles. The molecule has 114 valence electrons. The summed E-state index contributed by atoms with van der Waals surface area (Å²) >= 11 is 0. The van der Waals surface area contributed by atoms with Crippen molar-refractivity contribution in [1.29, 1.82) is 0 Å². The van der Waals surface area contributed by atoms with Gasteiger partial charge in [0, 0.05) is 29.3 Å². The van der Waals surface area contributed by atoms with E-state index in [-0.39, 0.29) is 17.5 Å². The molecular weight excluding hydrogens is 270 g/mol. The monoisotopic (exact) mass is 291 g/mol. The van der Waals surface area contributed by atoms with E-state index in [1.165, 1.54) is 6.07 Å². The zero-order valence-electron chi connectivity index (χ0n) is 12.4. The van der Waals surface area contributed by atoms with Gasteiger partial charge in [0.1, 0.15) is 0 Å². The number of hydrogen-bond acceptors (Lipinski definition) is 4. The highest BCUT2D eigenvalue weighted by atomic mass is 16.6. The molecule has 1 aliphatic rings. The number of hydrogen-bond donors (Lipinski definition) is 2. The van der Waals surface area contributed by atoms with Gasteiger partial charge in [-0.1, -0.05) is 13.0 Å². The normalized spacial score (nSPS) is 21.8. The van der Waals surface area contributed by atoms with Crippen LogP contribution in [0.1, 0.15) is 32.3 Å². The van der Waals surface area contributed by atoms with Crippen LogP contribution >= 0.6 is 0 Å². The van der Waals surface area contributed by atoms with Crippen molar-refractivity contribution in [1.82, 2.24) is 5.32 Å². The van der Waals surface area contributed by atoms with Crippen molar-refractivity contribution in [2.75, 3.05) is 11.9 Å². The summed E-state index contributed by atoms with van der Waals surface area (Å²) in [6.07, 6.45) is 2.18. The Kier molecular flexibility index (Phi) is 4.90. The zero-order valence-corrected chi connectivity index (χ0v) is 12.4. The Morgan fingerprint density at radius 1 is 1.52 bits per heavy atom. The van der Waals surface area contributed by atoms with E-state index >= 15 is 0 Å². The number of nitrogens with one attached hydrogen (secondary N) is 2. The van der Waals surface area contributed by atoms with Crippen LogP contribution in [0.3, 0.4) is 0 Å². The molecule has 0 bridgehead atoms. The Balaban J connectivity index is 2.10. The van der Waals surface area contributed by atoms with Gasteiger partial charge in [-0.2, -0.15) is 0 Å². The summed E-state index contributed by atoms with van der Waals surface area (Å²) < 4.78 is 0. The molecule has 0 aromatic heterocycles. The quantitative estimate of drug-likeness (QED) is 0.659. The van der Waals surface area contributed by atoms with Gasteiger partial charge in [0.25, 0.3) is 5.69 Å². The molecule has 1 heterocycles. The molecule has 0 radical (unpaired) electrons. The second kappa shape index (κ2) is 6.67. The molecule has 1 saturated heterocycles. The topological polar surface area (TPSA) is 84.3 Å². The molecule has 2 unspecified atom stereocenters. The van der Waals surface area contributed by atoms with E-state index in [1.807, 2.05) is 6.92 Å². The Bertz CT molecular complexity index is 545. The van der Waals surface area contributed by atoms with Crippen molar-refractivity contribution in [2.45, 2.75) is 39.2 Å². The predicted octanol–water partition coefficient (Wildman–Crippen LogP) is 2.48. The van der Waals surface area contributed by atoms with Crippen LogP contribution in [0.2, 0.25) is 0 Å². The van der Waals surface area contributed by atoms with E-state index in [0.717, 1.165) is 19.4 Å². The van der Waals surface area contributed by atoms with Crippen LogP contribution < -0.4 is 10.6 Å². The minimum absolute atomic E-state index is 0.0360. The fourth-order valence-electron chi connectivity index (χ4n) is 2.72. The lowest BCUT2D eigenvalue weighted by atomic mass is 9.92. The van der Waals surface area contributed by atoms with Gasteiger partial charge in [-0.15, -0.1) is 0 Å². The van der Waals surface area contributed by atoms with Gasteiger partial charge in [0.2, 0.25) is 5.91 Å². The van der Waals surface area contributed by atoms with Gasteiger partial charge in [0.15, 0.2) is 0 Å². The van der Waals surface area contributed by atoms with Gasteiger partial charge in [-0.3, -0.25) is 14.9 Å². The third kappa shape index (κ3) is 3.78. The summed E-state index contributed by atoms with van der Waals surface area (Å²) in [6, 6.07) is 5.21. The highest BCUT2D eigenvalue weighted by Gasteiger charge is 2.25. The standard InChI is InChI=1S/C15H21N3O3/c1-3-11-4-5-13(9-14(11)18(20)21)17-15(19)12-6-7-16-10(2)8-12/h4-5,9-10,12,16H,3,6-8H2,1-2H3,(H,17,19). The van der Waals surface area contributed by atoms with E-state index in [2.05, 4.69) is 17.6 Å². The fraction of sp³-hybridized carbons (Fsp3) is 0.533. The molecule has 0 saturated carbocycles. The van der Waals surface area contributed by atoms with Crippen molar-refractivity contribution in [3.8, 4) is 0 Å². The highest BCUT2D eigenvalue weighted by molar-refractivity contribution is 5.93. The first-order chi connectivity index (χ1) is 10.0. The largest absolute Gasteiger partial charge is 0.326 e. The van der Waals surface area contributed by atoms with Gasteiger partial charge >= 0.3 is 0 Å². The third-order valence-corrected chi connectivity index (χ3v) is 3.92. The molecule has 2 N–H and O–H groups in total. The number of carbonyl (C=O) groups is 1. The lowest BCUT2D eigenvalue weighted by Gasteiger charge is -2.27. The molecule has 6 heteroatoms. The van der Waals surface area contributed by atoms with Crippen LogP contribution in [0.5, 0.6) is 0 Å². The number of amides is 1. The maximum Gasteiger partial charge on any atom is 0.274 e. The van der Waals surface area contributed by atoms with Crippen molar-refractivity contribution >= 4 is 17.3 Å². The number of nitro groups is 1. The van der Waals surface area contributed by atoms with Crippen molar-refractivity contribution in [3.05, 3.63) is 33.9 Å². The number of benzene rings is 1. The summed E-state index contributed by atoms with van der Waals surface area (Å²) in [4.78, 5) is 22.9. The maximum absolute atomic E-state index is 12.2. The lowest BCUT2D eigenvalue weighted by Crippen LogP contribution is -2.40. The maximum atomic E-state index is 12.2. The molecule has 2 atom stereocenters. The van der Waals surface area contributed by atoms with Gasteiger partial charge in [-0.05, 0) is 38.8 Å².